The average molecular weight is 350 g/mol. The summed E-state index contributed by atoms with van der Waals surface area (Å²) in [7, 11) is 0. The van der Waals surface area contributed by atoms with E-state index in [1.807, 2.05) is 24.3 Å². The first-order valence-corrected chi connectivity index (χ1v) is 8.76. The van der Waals surface area contributed by atoms with Crippen molar-refractivity contribution in [2.24, 2.45) is 0 Å². The highest BCUT2D eigenvalue weighted by molar-refractivity contribution is 7.15. The van der Waals surface area contributed by atoms with Gasteiger partial charge in [-0.05, 0) is 30.5 Å². The number of benzene rings is 1. The van der Waals surface area contributed by atoms with Crippen molar-refractivity contribution in [1.29, 1.82) is 0 Å². The van der Waals surface area contributed by atoms with Crippen LogP contribution in [0.1, 0.15) is 29.0 Å². The third-order valence-corrected chi connectivity index (χ3v) is 5.42. The Kier molecular flexibility index (Phi) is 3.75. The molecule has 1 aromatic heterocycles. The van der Waals surface area contributed by atoms with Crippen molar-refractivity contribution in [3.8, 4) is 0 Å². The summed E-state index contributed by atoms with van der Waals surface area (Å²) in [6, 6.07) is 7.43. The number of urea groups is 1. The number of fused-ring (bicyclic) bond motifs is 1. The number of thiazole rings is 1. The molecule has 0 atom stereocenters. The number of ether oxygens (including phenoxy) is 1. The molecule has 1 saturated carbocycles. The van der Waals surface area contributed by atoms with E-state index in [1.54, 1.807) is 0 Å². The molecular formula is C16H16ClN3O2S. The number of aromatic nitrogens is 1. The van der Waals surface area contributed by atoms with Crippen molar-refractivity contribution >= 4 is 34.1 Å². The van der Waals surface area contributed by atoms with Crippen LogP contribution in [0.3, 0.4) is 0 Å². The van der Waals surface area contributed by atoms with Crippen molar-refractivity contribution in [1.82, 2.24) is 10.3 Å². The second-order valence-corrected chi connectivity index (χ2v) is 7.38. The van der Waals surface area contributed by atoms with E-state index in [9.17, 15) is 4.79 Å². The number of nitrogens with one attached hydrogen (secondary N) is 2. The molecule has 2 amide bonds. The zero-order valence-corrected chi connectivity index (χ0v) is 14.0. The van der Waals surface area contributed by atoms with Crippen molar-refractivity contribution < 1.29 is 9.53 Å². The minimum absolute atomic E-state index is 0.227. The predicted octanol–water partition coefficient (Wildman–Crippen LogP) is 3.68. The third kappa shape index (κ3) is 3.06. The van der Waals surface area contributed by atoms with Gasteiger partial charge in [0.2, 0.25) is 0 Å². The van der Waals surface area contributed by atoms with Crippen LogP contribution in [0.5, 0.6) is 0 Å². The summed E-state index contributed by atoms with van der Waals surface area (Å²) in [6.45, 7) is 1.28. The summed E-state index contributed by atoms with van der Waals surface area (Å²) in [5.74, 6) is 0. The summed E-state index contributed by atoms with van der Waals surface area (Å²) < 4.78 is 5.40. The van der Waals surface area contributed by atoms with E-state index in [0.29, 0.717) is 23.4 Å². The normalized spacial score (nSPS) is 18.1. The van der Waals surface area contributed by atoms with Gasteiger partial charge in [-0.3, -0.25) is 5.32 Å². The Morgan fingerprint density at radius 2 is 2.26 bits per heavy atom. The summed E-state index contributed by atoms with van der Waals surface area (Å²) in [4.78, 5) is 17.9. The first kappa shape index (κ1) is 14.9. The Bertz CT molecular complexity index is 734. The molecule has 2 N–H and O–H groups in total. The Morgan fingerprint density at radius 1 is 1.39 bits per heavy atom. The zero-order chi connectivity index (χ0) is 15.9. The molecule has 4 rings (SSSR count). The van der Waals surface area contributed by atoms with Crippen LogP contribution >= 0.6 is 22.9 Å². The number of hydrogen-bond acceptors (Lipinski definition) is 4. The molecule has 2 aromatic rings. The van der Waals surface area contributed by atoms with Gasteiger partial charge in [0, 0.05) is 11.4 Å². The van der Waals surface area contributed by atoms with Gasteiger partial charge in [0.05, 0.1) is 29.3 Å². The molecule has 2 aliphatic rings. The summed E-state index contributed by atoms with van der Waals surface area (Å²) in [6.07, 6.45) is 2.65. The van der Waals surface area contributed by atoms with Crippen LogP contribution in [0.15, 0.2) is 24.3 Å². The maximum atomic E-state index is 12.3. The highest BCUT2D eigenvalue weighted by Gasteiger charge is 2.45. The van der Waals surface area contributed by atoms with Gasteiger partial charge in [-0.15, -0.1) is 0 Å². The topological polar surface area (TPSA) is 63.2 Å². The van der Waals surface area contributed by atoms with Crippen molar-refractivity contribution in [2.45, 2.75) is 31.4 Å². The van der Waals surface area contributed by atoms with E-state index in [1.165, 1.54) is 11.3 Å². The molecule has 0 radical (unpaired) electrons. The number of carbonyl (C=O) groups is 1. The molecular weight excluding hydrogens is 334 g/mol. The monoisotopic (exact) mass is 349 g/mol. The number of anilines is 1. The Labute approximate surface area is 143 Å². The largest absolute Gasteiger partial charge is 0.375 e. The number of halogens is 1. The quantitative estimate of drug-likeness (QED) is 0.888. The lowest BCUT2D eigenvalue weighted by atomic mass is 10.1. The number of hydrogen-bond donors (Lipinski definition) is 2. The fraction of sp³-hybridized carbons (Fsp3) is 0.375. The van der Waals surface area contributed by atoms with E-state index in [2.05, 4.69) is 15.6 Å². The number of rotatable bonds is 3. The van der Waals surface area contributed by atoms with Crippen LogP contribution in [0.2, 0.25) is 5.02 Å². The van der Waals surface area contributed by atoms with E-state index in [0.717, 1.165) is 35.4 Å². The van der Waals surface area contributed by atoms with Crippen molar-refractivity contribution in [2.75, 3.05) is 11.9 Å². The minimum Gasteiger partial charge on any atom is -0.375 e. The summed E-state index contributed by atoms with van der Waals surface area (Å²) in [5.41, 5.74) is 1.79. The Hall–Kier alpha value is -1.63. The SMILES string of the molecule is O=C(Nc1nc2c(s1)COCC2)NC1(c2cccc(Cl)c2)CC1. The van der Waals surface area contributed by atoms with Crippen LogP contribution < -0.4 is 10.6 Å². The average Bonchev–Trinajstić information content (AvgIpc) is 3.19. The smallest absolute Gasteiger partial charge is 0.321 e. The van der Waals surface area contributed by atoms with Crippen molar-refractivity contribution in [3.05, 3.63) is 45.4 Å². The van der Waals surface area contributed by atoms with Gasteiger partial charge in [-0.25, -0.2) is 9.78 Å². The van der Waals surface area contributed by atoms with Gasteiger partial charge in [-0.2, -0.15) is 0 Å². The predicted molar refractivity (Wildman–Crippen MR) is 90.0 cm³/mol. The third-order valence-electron chi connectivity index (χ3n) is 4.20. The first-order valence-electron chi connectivity index (χ1n) is 7.56. The maximum Gasteiger partial charge on any atom is 0.321 e. The molecule has 7 heteroatoms. The molecule has 1 aliphatic heterocycles. The molecule has 2 heterocycles. The lowest BCUT2D eigenvalue weighted by molar-refractivity contribution is 0.112. The standard InChI is InChI=1S/C16H16ClN3O2S/c17-11-3-1-2-10(8-11)16(5-6-16)20-14(21)19-15-18-12-4-7-22-9-13(12)23-15/h1-3,8H,4-7,9H2,(H2,18,19,20,21). The van der Waals surface area contributed by atoms with Crippen LogP contribution in [0.25, 0.3) is 0 Å². The second-order valence-electron chi connectivity index (χ2n) is 5.86. The fourth-order valence-electron chi connectivity index (χ4n) is 2.82. The molecule has 1 fully saturated rings. The number of nitrogens with zero attached hydrogens (tertiary/aromatic N) is 1. The van der Waals surface area contributed by atoms with Gasteiger partial charge in [0.25, 0.3) is 0 Å². The van der Waals surface area contributed by atoms with Gasteiger partial charge in [0.1, 0.15) is 0 Å². The van der Waals surface area contributed by atoms with Crippen LogP contribution in [-0.2, 0) is 23.3 Å². The van der Waals surface area contributed by atoms with Crippen LogP contribution in [0.4, 0.5) is 9.93 Å². The lowest BCUT2D eigenvalue weighted by Gasteiger charge is -2.18. The number of carbonyl (C=O) groups excluding carboxylic acids is 1. The molecule has 120 valence electrons. The Morgan fingerprint density at radius 3 is 3.00 bits per heavy atom. The minimum atomic E-state index is -0.297. The highest BCUT2D eigenvalue weighted by Crippen LogP contribution is 2.46. The van der Waals surface area contributed by atoms with Crippen LogP contribution in [0, 0.1) is 0 Å². The van der Waals surface area contributed by atoms with Crippen LogP contribution in [-0.4, -0.2) is 17.6 Å². The molecule has 1 aromatic carbocycles. The van der Waals surface area contributed by atoms with Gasteiger partial charge in [-0.1, -0.05) is 35.1 Å². The van der Waals surface area contributed by atoms with E-state index >= 15 is 0 Å². The van der Waals surface area contributed by atoms with Crippen molar-refractivity contribution in [3.63, 3.8) is 0 Å². The fourth-order valence-corrected chi connectivity index (χ4v) is 3.95. The Balaban J connectivity index is 1.45. The molecule has 0 spiro atoms. The van der Waals surface area contributed by atoms with Gasteiger partial charge >= 0.3 is 6.03 Å². The molecule has 23 heavy (non-hydrogen) atoms. The maximum absolute atomic E-state index is 12.3. The van der Waals surface area contributed by atoms with Gasteiger partial charge < -0.3 is 10.1 Å². The molecule has 0 bridgehead atoms. The summed E-state index contributed by atoms with van der Waals surface area (Å²) in [5, 5.41) is 7.22. The second kappa shape index (κ2) is 5.78. The zero-order valence-electron chi connectivity index (χ0n) is 12.4. The number of amides is 2. The molecule has 1 aliphatic carbocycles. The highest BCUT2D eigenvalue weighted by atomic mass is 35.5. The molecule has 0 unspecified atom stereocenters. The van der Waals surface area contributed by atoms with E-state index in [-0.39, 0.29) is 11.6 Å². The first-order chi connectivity index (χ1) is 11.1. The van der Waals surface area contributed by atoms with E-state index in [4.69, 9.17) is 16.3 Å². The molecule has 5 nitrogen and oxygen atoms in total. The summed E-state index contributed by atoms with van der Waals surface area (Å²) >= 11 is 7.53. The van der Waals surface area contributed by atoms with E-state index < -0.39 is 0 Å². The lowest BCUT2D eigenvalue weighted by Crippen LogP contribution is -2.38. The molecule has 0 saturated heterocycles. The van der Waals surface area contributed by atoms with Gasteiger partial charge in [0.15, 0.2) is 5.13 Å².